The standard InChI is InChI=1S/C21H21FN4O2/c1-13-11-14(22)7-8-15(13)19-20(27)23-9-10-26(19)12-18-24-17-6-4-3-5-16(17)21(28)25(18)2/h3-8,11,19H,9-10,12H2,1-2H3,(H,23,27). The summed E-state index contributed by atoms with van der Waals surface area (Å²) >= 11 is 0. The Morgan fingerprint density at radius 3 is 2.79 bits per heavy atom. The van der Waals surface area contributed by atoms with Gasteiger partial charge in [0, 0.05) is 20.1 Å². The molecule has 28 heavy (non-hydrogen) atoms. The summed E-state index contributed by atoms with van der Waals surface area (Å²) in [5.74, 6) is 0.123. The van der Waals surface area contributed by atoms with Gasteiger partial charge in [0.25, 0.3) is 5.56 Å². The molecule has 1 amide bonds. The van der Waals surface area contributed by atoms with Crippen molar-refractivity contribution in [2.45, 2.75) is 19.5 Å². The van der Waals surface area contributed by atoms with Crippen LogP contribution in [0.25, 0.3) is 10.9 Å². The maximum Gasteiger partial charge on any atom is 0.261 e. The number of aryl methyl sites for hydroxylation is 1. The number of nitrogens with zero attached hydrogens (tertiary/aromatic N) is 3. The van der Waals surface area contributed by atoms with E-state index in [1.54, 1.807) is 26.1 Å². The van der Waals surface area contributed by atoms with Crippen LogP contribution in [0.2, 0.25) is 0 Å². The summed E-state index contributed by atoms with van der Waals surface area (Å²) in [4.78, 5) is 32.0. The van der Waals surface area contributed by atoms with Gasteiger partial charge in [0.2, 0.25) is 5.91 Å². The lowest BCUT2D eigenvalue weighted by molar-refractivity contribution is -0.129. The molecule has 0 aliphatic carbocycles. The van der Waals surface area contributed by atoms with E-state index >= 15 is 0 Å². The van der Waals surface area contributed by atoms with Crippen molar-refractivity contribution in [1.29, 1.82) is 0 Å². The van der Waals surface area contributed by atoms with Crippen LogP contribution in [0.15, 0.2) is 47.3 Å². The second kappa shape index (κ2) is 7.16. The van der Waals surface area contributed by atoms with Crippen molar-refractivity contribution in [1.82, 2.24) is 19.8 Å². The van der Waals surface area contributed by atoms with E-state index in [1.165, 1.54) is 16.7 Å². The fourth-order valence-electron chi connectivity index (χ4n) is 3.76. The number of piperazine rings is 1. The van der Waals surface area contributed by atoms with Crippen LogP contribution in [0.3, 0.4) is 0 Å². The molecule has 1 atom stereocenters. The summed E-state index contributed by atoms with van der Waals surface area (Å²) in [5, 5.41) is 3.45. The molecule has 0 spiro atoms. The number of halogens is 1. The number of amides is 1. The van der Waals surface area contributed by atoms with Crippen LogP contribution in [-0.4, -0.2) is 33.4 Å². The van der Waals surface area contributed by atoms with Crippen LogP contribution in [0.1, 0.15) is 23.0 Å². The third-order valence-corrected chi connectivity index (χ3v) is 5.26. The molecule has 2 heterocycles. The molecule has 0 saturated carbocycles. The molecule has 7 heteroatoms. The number of carbonyl (C=O) groups is 1. The number of rotatable bonds is 3. The zero-order valence-corrected chi connectivity index (χ0v) is 15.8. The average Bonchev–Trinajstić information content (AvgIpc) is 2.67. The highest BCUT2D eigenvalue weighted by Gasteiger charge is 2.33. The van der Waals surface area contributed by atoms with Gasteiger partial charge in [0.15, 0.2) is 0 Å². The summed E-state index contributed by atoms with van der Waals surface area (Å²) in [6, 6.07) is 11.1. The van der Waals surface area contributed by atoms with Crippen molar-refractivity contribution >= 4 is 16.8 Å². The molecule has 1 saturated heterocycles. The Morgan fingerprint density at radius 2 is 2.00 bits per heavy atom. The Labute approximate surface area is 161 Å². The lowest BCUT2D eigenvalue weighted by Gasteiger charge is -2.35. The zero-order chi connectivity index (χ0) is 19.8. The fourth-order valence-corrected chi connectivity index (χ4v) is 3.76. The van der Waals surface area contributed by atoms with Gasteiger partial charge in [0.05, 0.1) is 17.4 Å². The highest BCUT2D eigenvalue weighted by atomic mass is 19.1. The van der Waals surface area contributed by atoms with E-state index in [2.05, 4.69) is 10.3 Å². The number of carbonyl (C=O) groups excluding carboxylic acids is 1. The molecule has 1 N–H and O–H groups in total. The molecule has 1 aromatic heterocycles. The molecule has 2 aromatic carbocycles. The SMILES string of the molecule is Cc1cc(F)ccc1C1C(=O)NCCN1Cc1nc2ccccc2c(=O)n1C. The molecule has 1 aliphatic heterocycles. The summed E-state index contributed by atoms with van der Waals surface area (Å²) < 4.78 is 15.1. The number of nitrogens with one attached hydrogen (secondary N) is 1. The molecular weight excluding hydrogens is 359 g/mol. The van der Waals surface area contributed by atoms with E-state index < -0.39 is 6.04 Å². The largest absolute Gasteiger partial charge is 0.353 e. The Hall–Kier alpha value is -3.06. The normalized spacial score (nSPS) is 17.7. The van der Waals surface area contributed by atoms with Gasteiger partial charge in [-0.15, -0.1) is 0 Å². The van der Waals surface area contributed by atoms with E-state index in [1.807, 2.05) is 23.1 Å². The molecule has 3 aromatic rings. The topological polar surface area (TPSA) is 67.2 Å². The van der Waals surface area contributed by atoms with Crippen molar-refractivity contribution in [3.05, 3.63) is 75.6 Å². The van der Waals surface area contributed by atoms with Crippen LogP contribution in [0, 0.1) is 12.7 Å². The predicted molar refractivity (Wildman–Crippen MR) is 104 cm³/mol. The molecule has 6 nitrogen and oxygen atoms in total. The number of hydrogen-bond acceptors (Lipinski definition) is 4. The molecule has 1 fully saturated rings. The van der Waals surface area contributed by atoms with Gasteiger partial charge < -0.3 is 5.32 Å². The summed E-state index contributed by atoms with van der Waals surface area (Å²) in [7, 11) is 1.69. The molecule has 4 rings (SSSR count). The number of benzene rings is 2. The summed E-state index contributed by atoms with van der Waals surface area (Å²) in [5.41, 5.74) is 1.99. The van der Waals surface area contributed by atoms with Crippen molar-refractivity contribution in [3.63, 3.8) is 0 Å². The van der Waals surface area contributed by atoms with Crippen molar-refractivity contribution in [3.8, 4) is 0 Å². The maximum absolute atomic E-state index is 13.5. The van der Waals surface area contributed by atoms with Crippen LogP contribution in [-0.2, 0) is 18.4 Å². The van der Waals surface area contributed by atoms with Crippen LogP contribution in [0.5, 0.6) is 0 Å². The van der Waals surface area contributed by atoms with Crippen LogP contribution in [0.4, 0.5) is 4.39 Å². The van der Waals surface area contributed by atoms with Crippen molar-refractivity contribution < 1.29 is 9.18 Å². The summed E-state index contributed by atoms with van der Waals surface area (Å²) in [6.07, 6.45) is 0. The van der Waals surface area contributed by atoms with E-state index in [0.29, 0.717) is 41.9 Å². The third kappa shape index (κ3) is 3.18. The monoisotopic (exact) mass is 380 g/mol. The van der Waals surface area contributed by atoms with E-state index in [4.69, 9.17) is 0 Å². The van der Waals surface area contributed by atoms with Gasteiger partial charge in [-0.2, -0.15) is 0 Å². The quantitative estimate of drug-likeness (QED) is 0.755. The molecule has 1 aliphatic rings. The fraction of sp³-hybridized carbons (Fsp3) is 0.286. The Kier molecular flexibility index (Phi) is 4.68. The van der Waals surface area contributed by atoms with Crippen molar-refractivity contribution in [2.24, 2.45) is 7.05 Å². The smallest absolute Gasteiger partial charge is 0.261 e. The van der Waals surface area contributed by atoms with E-state index in [9.17, 15) is 14.0 Å². The van der Waals surface area contributed by atoms with Gasteiger partial charge in [-0.1, -0.05) is 18.2 Å². The summed E-state index contributed by atoms with van der Waals surface area (Å²) in [6.45, 7) is 3.25. The predicted octanol–water partition coefficient (Wildman–Crippen LogP) is 2.05. The Morgan fingerprint density at radius 1 is 1.21 bits per heavy atom. The minimum absolute atomic E-state index is 0.114. The maximum atomic E-state index is 13.5. The van der Waals surface area contributed by atoms with Crippen LogP contribution < -0.4 is 10.9 Å². The Balaban J connectivity index is 1.75. The molecule has 0 bridgehead atoms. The first kappa shape index (κ1) is 18.3. The lowest BCUT2D eigenvalue weighted by Crippen LogP contribution is -2.50. The second-order valence-corrected chi connectivity index (χ2v) is 7.07. The average molecular weight is 380 g/mol. The first-order valence-electron chi connectivity index (χ1n) is 9.18. The first-order valence-corrected chi connectivity index (χ1v) is 9.18. The lowest BCUT2D eigenvalue weighted by atomic mass is 9.97. The van der Waals surface area contributed by atoms with Gasteiger partial charge in [-0.3, -0.25) is 19.1 Å². The highest BCUT2D eigenvalue weighted by Crippen LogP contribution is 2.28. The van der Waals surface area contributed by atoms with E-state index in [0.717, 1.165) is 5.56 Å². The van der Waals surface area contributed by atoms with Gasteiger partial charge >= 0.3 is 0 Å². The van der Waals surface area contributed by atoms with Crippen molar-refractivity contribution in [2.75, 3.05) is 13.1 Å². The number of para-hydroxylation sites is 1. The third-order valence-electron chi connectivity index (χ3n) is 5.26. The molecule has 1 unspecified atom stereocenters. The minimum Gasteiger partial charge on any atom is -0.353 e. The second-order valence-electron chi connectivity index (χ2n) is 7.07. The van der Waals surface area contributed by atoms with Gasteiger partial charge in [-0.05, 0) is 42.3 Å². The highest BCUT2D eigenvalue weighted by molar-refractivity contribution is 5.84. The Bertz CT molecular complexity index is 1130. The number of fused-ring (bicyclic) bond motifs is 1. The molecular formula is C21H21FN4O2. The van der Waals surface area contributed by atoms with E-state index in [-0.39, 0.29) is 17.3 Å². The molecule has 0 radical (unpaired) electrons. The number of aromatic nitrogens is 2. The molecule has 144 valence electrons. The van der Waals surface area contributed by atoms with Crippen LogP contribution >= 0.6 is 0 Å². The van der Waals surface area contributed by atoms with Gasteiger partial charge in [0.1, 0.15) is 17.7 Å². The number of hydrogen-bond donors (Lipinski definition) is 1. The zero-order valence-electron chi connectivity index (χ0n) is 15.8. The van der Waals surface area contributed by atoms with Gasteiger partial charge in [-0.25, -0.2) is 9.37 Å². The first-order chi connectivity index (χ1) is 13.5. The minimum atomic E-state index is -0.558.